The number of aryl methyl sites for hydroxylation is 2. The van der Waals surface area contributed by atoms with Crippen molar-refractivity contribution in [3.05, 3.63) is 52.8 Å². The summed E-state index contributed by atoms with van der Waals surface area (Å²) in [6.45, 7) is 8.27. The largest absolute Gasteiger partial charge is 0.354 e. The number of carbonyl (C=O) groups is 3. The summed E-state index contributed by atoms with van der Waals surface area (Å²) in [5.74, 6) is -0.394. The number of fused-ring (bicyclic) bond motifs is 1. The van der Waals surface area contributed by atoms with Gasteiger partial charge in [-0.25, -0.2) is 0 Å². The molecule has 0 unspecified atom stereocenters. The van der Waals surface area contributed by atoms with Crippen LogP contribution in [0.25, 0.3) is 0 Å². The van der Waals surface area contributed by atoms with Crippen LogP contribution < -0.4 is 5.32 Å². The molecular weight excluding hydrogens is 394 g/mol. The van der Waals surface area contributed by atoms with Gasteiger partial charge in [0, 0.05) is 39.3 Å². The maximum absolute atomic E-state index is 13.1. The van der Waals surface area contributed by atoms with Crippen molar-refractivity contribution in [3.8, 4) is 0 Å². The predicted octanol–water partition coefficient (Wildman–Crippen LogP) is 2.08. The highest BCUT2D eigenvalue weighted by Gasteiger charge is 2.27. The fourth-order valence-corrected chi connectivity index (χ4v) is 3.58. The number of nitrogens with zero attached hydrogens (tertiary/aromatic N) is 4. The number of nitrogens with one attached hydrogen (secondary N) is 1. The van der Waals surface area contributed by atoms with Gasteiger partial charge in [-0.1, -0.05) is 43.7 Å². The van der Waals surface area contributed by atoms with E-state index in [-0.39, 0.29) is 30.0 Å². The number of carbonyl (C=O) groups excluding carboxylic acids is 3. The number of amides is 3. The Kier molecular flexibility index (Phi) is 7.09. The second-order valence-electron chi connectivity index (χ2n) is 8.57. The van der Waals surface area contributed by atoms with E-state index < -0.39 is 0 Å². The standard InChI is InChI=1S/C23H31N5O3/c1-16(2)13-24-21(29)15-26(4)22(30)19-12-20-23(31)27(9-6-10-28(20)25-19)14-18-8-5-7-17(3)11-18/h5,7-8,11-12,16H,6,9-10,13-15H2,1-4H3,(H,24,29). The Morgan fingerprint density at radius 1 is 1.23 bits per heavy atom. The Morgan fingerprint density at radius 3 is 2.71 bits per heavy atom. The minimum Gasteiger partial charge on any atom is -0.354 e. The molecule has 1 N–H and O–H groups in total. The van der Waals surface area contributed by atoms with Crippen LogP contribution in [0.1, 0.15) is 52.4 Å². The highest BCUT2D eigenvalue weighted by Crippen LogP contribution is 2.18. The zero-order valence-electron chi connectivity index (χ0n) is 18.7. The van der Waals surface area contributed by atoms with Crippen LogP contribution in [0.5, 0.6) is 0 Å². The molecule has 1 aromatic heterocycles. The number of benzene rings is 1. The number of likely N-dealkylation sites (N-methyl/N-ethyl adjacent to an activating group) is 1. The normalized spacial score (nSPS) is 13.7. The van der Waals surface area contributed by atoms with Gasteiger partial charge in [0.1, 0.15) is 5.69 Å². The van der Waals surface area contributed by atoms with E-state index >= 15 is 0 Å². The van der Waals surface area contributed by atoms with Gasteiger partial charge in [0.2, 0.25) is 5.91 Å². The van der Waals surface area contributed by atoms with Gasteiger partial charge in [0.25, 0.3) is 11.8 Å². The van der Waals surface area contributed by atoms with Gasteiger partial charge in [-0.15, -0.1) is 0 Å². The first-order chi connectivity index (χ1) is 14.7. The zero-order valence-corrected chi connectivity index (χ0v) is 18.7. The molecule has 3 amide bonds. The first-order valence-corrected chi connectivity index (χ1v) is 10.7. The minimum atomic E-state index is -0.377. The summed E-state index contributed by atoms with van der Waals surface area (Å²) < 4.78 is 1.61. The Balaban J connectivity index is 1.70. The van der Waals surface area contributed by atoms with Gasteiger partial charge in [0.05, 0.1) is 6.54 Å². The molecule has 0 aliphatic carbocycles. The number of rotatable bonds is 7. The van der Waals surface area contributed by atoms with Crippen molar-refractivity contribution in [2.24, 2.45) is 5.92 Å². The molecule has 0 radical (unpaired) electrons. The van der Waals surface area contributed by atoms with E-state index in [4.69, 9.17) is 0 Å². The quantitative estimate of drug-likeness (QED) is 0.736. The zero-order chi connectivity index (χ0) is 22.5. The van der Waals surface area contributed by atoms with Crippen LogP contribution in [0.15, 0.2) is 30.3 Å². The Bertz CT molecular complexity index is 966. The molecule has 0 bridgehead atoms. The molecule has 2 aromatic rings. The lowest BCUT2D eigenvalue weighted by Crippen LogP contribution is -2.39. The summed E-state index contributed by atoms with van der Waals surface area (Å²) in [4.78, 5) is 41.1. The van der Waals surface area contributed by atoms with E-state index in [0.717, 1.165) is 17.5 Å². The van der Waals surface area contributed by atoms with Crippen LogP contribution in [0.3, 0.4) is 0 Å². The van der Waals surface area contributed by atoms with Crippen molar-refractivity contribution in [2.75, 3.05) is 26.7 Å². The second kappa shape index (κ2) is 9.76. The average molecular weight is 426 g/mol. The van der Waals surface area contributed by atoms with E-state index in [1.165, 1.54) is 4.90 Å². The smallest absolute Gasteiger partial charge is 0.274 e. The summed E-state index contributed by atoms with van der Waals surface area (Å²) in [6, 6.07) is 9.64. The third-order valence-corrected chi connectivity index (χ3v) is 5.19. The second-order valence-corrected chi connectivity index (χ2v) is 8.57. The van der Waals surface area contributed by atoms with Crippen molar-refractivity contribution in [3.63, 3.8) is 0 Å². The first kappa shape index (κ1) is 22.5. The SMILES string of the molecule is Cc1cccc(CN2CCCn3nc(C(=O)N(C)CC(=O)NCC(C)C)cc3C2=O)c1. The summed E-state index contributed by atoms with van der Waals surface area (Å²) in [6.07, 6.45) is 0.757. The third-order valence-electron chi connectivity index (χ3n) is 5.19. The van der Waals surface area contributed by atoms with Crippen molar-refractivity contribution < 1.29 is 14.4 Å². The highest BCUT2D eigenvalue weighted by atomic mass is 16.2. The molecular formula is C23H31N5O3. The predicted molar refractivity (Wildman–Crippen MR) is 118 cm³/mol. The van der Waals surface area contributed by atoms with Crippen LogP contribution in [0.2, 0.25) is 0 Å². The van der Waals surface area contributed by atoms with Crippen molar-refractivity contribution >= 4 is 17.7 Å². The molecule has 1 aliphatic heterocycles. The fourth-order valence-electron chi connectivity index (χ4n) is 3.58. The lowest BCUT2D eigenvalue weighted by atomic mass is 10.1. The molecule has 166 valence electrons. The lowest BCUT2D eigenvalue weighted by molar-refractivity contribution is -0.121. The molecule has 8 heteroatoms. The summed E-state index contributed by atoms with van der Waals surface area (Å²) in [5.41, 5.74) is 2.81. The van der Waals surface area contributed by atoms with E-state index in [0.29, 0.717) is 37.8 Å². The van der Waals surface area contributed by atoms with E-state index in [9.17, 15) is 14.4 Å². The first-order valence-electron chi connectivity index (χ1n) is 10.7. The van der Waals surface area contributed by atoms with Gasteiger partial charge in [-0.3, -0.25) is 19.1 Å². The van der Waals surface area contributed by atoms with Crippen LogP contribution >= 0.6 is 0 Å². The van der Waals surface area contributed by atoms with Crippen molar-refractivity contribution in [2.45, 2.75) is 40.3 Å². The maximum atomic E-state index is 13.1. The molecule has 0 spiro atoms. The number of hydrogen-bond acceptors (Lipinski definition) is 4. The van der Waals surface area contributed by atoms with Crippen molar-refractivity contribution in [1.82, 2.24) is 24.9 Å². The third kappa shape index (κ3) is 5.71. The van der Waals surface area contributed by atoms with Crippen LogP contribution in [0, 0.1) is 12.8 Å². The number of aromatic nitrogens is 2. The van der Waals surface area contributed by atoms with E-state index in [1.54, 1.807) is 22.7 Å². The Morgan fingerprint density at radius 2 is 2.00 bits per heavy atom. The number of hydrogen-bond donors (Lipinski definition) is 1. The van der Waals surface area contributed by atoms with Gasteiger partial charge in [-0.2, -0.15) is 5.10 Å². The lowest BCUT2D eigenvalue weighted by Gasteiger charge is -2.20. The Labute approximate surface area is 183 Å². The van der Waals surface area contributed by atoms with Gasteiger partial charge >= 0.3 is 0 Å². The monoisotopic (exact) mass is 425 g/mol. The van der Waals surface area contributed by atoms with E-state index in [2.05, 4.69) is 16.5 Å². The van der Waals surface area contributed by atoms with E-state index in [1.807, 2.05) is 39.0 Å². The summed E-state index contributed by atoms with van der Waals surface area (Å²) >= 11 is 0. The van der Waals surface area contributed by atoms with Gasteiger partial charge < -0.3 is 15.1 Å². The molecule has 3 rings (SSSR count). The minimum absolute atomic E-state index is 0.0544. The molecule has 31 heavy (non-hydrogen) atoms. The molecule has 1 aliphatic rings. The fraction of sp³-hybridized carbons (Fsp3) is 0.478. The molecule has 1 aromatic carbocycles. The molecule has 0 atom stereocenters. The maximum Gasteiger partial charge on any atom is 0.274 e. The topological polar surface area (TPSA) is 87.5 Å². The van der Waals surface area contributed by atoms with Crippen LogP contribution in [-0.2, 0) is 17.9 Å². The van der Waals surface area contributed by atoms with Crippen LogP contribution in [-0.4, -0.2) is 64.0 Å². The van der Waals surface area contributed by atoms with Crippen LogP contribution in [0.4, 0.5) is 0 Å². The average Bonchev–Trinajstić information content (AvgIpc) is 3.08. The molecule has 0 saturated carbocycles. The molecule has 8 nitrogen and oxygen atoms in total. The molecule has 0 fully saturated rings. The molecule has 2 heterocycles. The van der Waals surface area contributed by atoms with Gasteiger partial charge in [-0.05, 0) is 24.8 Å². The van der Waals surface area contributed by atoms with Gasteiger partial charge in [0.15, 0.2) is 5.69 Å². The summed E-state index contributed by atoms with van der Waals surface area (Å²) in [5, 5.41) is 7.16. The van der Waals surface area contributed by atoms with Crippen molar-refractivity contribution in [1.29, 1.82) is 0 Å². The summed E-state index contributed by atoms with van der Waals surface area (Å²) in [7, 11) is 1.56. The highest BCUT2D eigenvalue weighted by molar-refractivity contribution is 5.99. The Hall–Kier alpha value is -3.16. The molecule has 0 saturated heterocycles.